The van der Waals surface area contributed by atoms with Crippen molar-refractivity contribution in [1.82, 2.24) is 9.88 Å². The average molecular weight is 272 g/mol. The molecule has 2 aromatic rings. The summed E-state index contributed by atoms with van der Waals surface area (Å²) in [6, 6.07) is 9.70. The second-order valence-corrected chi connectivity index (χ2v) is 5.31. The molecule has 106 valence electrons. The molecule has 1 aromatic heterocycles. The Kier molecular flexibility index (Phi) is 4.02. The number of H-pyrrole nitrogens is 1. The van der Waals surface area contributed by atoms with E-state index in [1.165, 1.54) is 19.3 Å². The lowest BCUT2D eigenvalue weighted by Crippen LogP contribution is -2.33. The van der Waals surface area contributed by atoms with Crippen molar-refractivity contribution >= 4 is 16.9 Å². The lowest BCUT2D eigenvalue weighted by molar-refractivity contribution is 0.0446. The Morgan fingerprint density at radius 1 is 1.20 bits per heavy atom. The predicted octanol–water partition coefficient (Wildman–Crippen LogP) is 2.81. The fourth-order valence-corrected chi connectivity index (χ4v) is 2.71. The van der Waals surface area contributed by atoms with Gasteiger partial charge in [-0.1, -0.05) is 24.6 Å². The molecule has 0 atom stereocenters. The SMILES string of the molecule is O=C(OCCN1CCCCC1)c1cc2ccccc2[nH]1. The van der Waals surface area contributed by atoms with Crippen molar-refractivity contribution in [2.45, 2.75) is 19.3 Å². The summed E-state index contributed by atoms with van der Waals surface area (Å²) in [5.74, 6) is -0.266. The lowest BCUT2D eigenvalue weighted by Gasteiger charge is -2.25. The summed E-state index contributed by atoms with van der Waals surface area (Å²) in [7, 11) is 0. The number of piperidine rings is 1. The molecule has 1 aromatic carbocycles. The van der Waals surface area contributed by atoms with E-state index in [1.54, 1.807) is 0 Å². The van der Waals surface area contributed by atoms with Crippen molar-refractivity contribution in [3.8, 4) is 0 Å². The second-order valence-electron chi connectivity index (χ2n) is 5.31. The van der Waals surface area contributed by atoms with Gasteiger partial charge in [-0.05, 0) is 38.1 Å². The maximum atomic E-state index is 12.0. The first-order valence-corrected chi connectivity index (χ1v) is 7.30. The van der Waals surface area contributed by atoms with Crippen molar-refractivity contribution in [3.05, 3.63) is 36.0 Å². The van der Waals surface area contributed by atoms with E-state index in [-0.39, 0.29) is 5.97 Å². The Hall–Kier alpha value is -1.81. The quantitative estimate of drug-likeness (QED) is 0.870. The average Bonchev–Trinajstić information content (AvgIpc) is 2.92. The number of likely N-dealkylation sites (tertiary alicyclic amines) is 1. The van der Waals surface area contributed by atoms with Crippen molar-refractivity contribution < 1.29 is 9.53 Å². The van der Waals surface area contributed by atoms with Gasteiger partial charge in [0, 0.05) is 17.4 Å². The molecule has 0 bridgehead atoms. The van der Waals surface area contributed by atoms with Crippen LogP contribution in [0.5, 0.6) is 0 Å². The third-order valence-corrected chi connectivity index (χ3v) is 3.84. The van der Waals surface area contributed by atoms with Crippen LogP contribution in [0, 0.1) is 0 Å². The first-order valence-electron chi connectivity index (χ1n) is 7.30. The highest BCUT2D eigenvalue weighted by Gasteiger charge is 2.13. The molecule has 4 heteroatoms. The molecule has 0 radical (unpaired) electrons. The summed E-state index contributed by atoms with van der Waals surface area (Å²) in [5.41, 5.74) is 1.50. The van der Waals surface area contributed by atoms with E-state index < -0.39 is 0 Å². The van der Waals surface area contributed by atoms with Crippen LogP contribution in [0.15, 0.2) is 30.3 Å². The van der Waals surface area contributed by atoms with Crippen LogP contribution >= 0.6 is 0 Å². The molecule has 0 spiro atoms. The highest BCUT2D eigenvalue weighted by atomic mass is 16.5. The molecule has 0 amide bonds. The fraction of sp³-hybridized carbons (Fsp3) is 0.438. The van der Waals surface area contributed by atoms with E-state index >= 15 is 0 Å². The zero-order chi connectivity index (χ0) is 13.8. The fourth-order valence-electron chi connectivity index (χ4n) is 2.71. The summed E-state index contributed by atoms with van der Waals surface area (Å²) in [4.78, 5) is 17.4. The molecule has 20 heavy (non-hydrogen) atoms. The Bertz CT molecular complexity index is 552. The maximum absolute atomic E-state index is 12.0. The van der Waals surface area contributed by atoms with Gasteiger partial charge in [0.15, 0.2) is 0 Å². The number of carbonyl (C=O) groups is 1. The highest BCUT2D eigenvalue weighted by Crippen LogP contribution is 2.15. The van der Waals surface area contributed by atoms with Gasteiger partial charge in [-0.2, -0.15) is 0 Å². The van der Waals surface area contributed by atoms with Gasteiger partial charge in [0.25, 0.3) is 0 Å². The van der Waals surface area contributed by atoms with Crippen LogP contribution in [-0.4, -0.2) is 42.1 Å². The molecule has 1 fully saturated rings. The minimum Gasteiger partial charge on any atom is -0.460 e. The smallest absolute Gasteiger partial charge is 0.354 e. The number of para-hydroxylation sites is 1. The van der Waals surface area contributed by atoms with Crippen molar-refractivity contribution in [1.29, 1.82) is 0 Å². The molecular weight excluding hydrogens is 252 g/mol. The van der Waals surface area contributed by atoms with E-state index in [0.717, 1.165) is 30.5 Å². The molecule has 0 saturated carbocycles. The van der Waals surface area contributed by atoms with E-state index in [1.807, 2.05) is 30.3 Å². The first-order chi connectivity index (χ1) is 9.83. The van der Waals surface area contributed by atoms with Crippen molar-refractivity contribution in [2.24, 2.45) is 0 Å². The molecule has 1 aliphatic heterocycles. The third kappa shape index (κ3) is 3.02. The summed E-state index contributed by atoms with van der Waals surface area (Å²) in [5, 5.41) is 1.04. The zero-order valence-electron chi connectivity index (χ0n) is 11.6. The topological polar surface area (TPSA) is 45.3 Å². The van der Waals surface area contributed by atoms with E-state index in [0.29, 0.717) is 12.3 Å². The molecule has 1 aliphatic rings. The number of nitrogens with zero attached hydrogens (tertiary/aromatic N) is 1. The Morgan fingerprint density at radius 2 is 2.00 bits per heavy atom. The molecule has 0 unspecified atom stereocenters. The molecular formula is C16H20N2O2. The van der Waals surface area contributed by atoms with E-state index in [4.69, 9.17) is 4.74 Å². The Balaban J connectivity index is 1.53. The van der Waals surface area contributed by atoms with Gasteiger partial charge >= 0.3 is 5.97 Å². The largest absolute Gasteiger partial charge is 0.460 e. The number of hydrogen-bond donors (Lipinski definition) is 1. The number of fused-ring (bicyclic) bond motifs is 1. The molecule has 4 nitrogen and oxygen atoms in total. The van der Waals surface area contributed by atoms with Gasteiger partial charge in [-0.15, -0.1) is 0 Å². The first kappa shape index (κ1) is 13.2. The summed E-state index contributed by atoms with van der Waals surface area (Å²) >= 11 is 0. The van der Waals surface area contributed by atoms with Gasteiger partial charge in [-0.25, -0.2) is 4.79 Å². The predicted molar refractivity (Wildman–Crippen MR) is 78.9 cm³/mol. The van der Waals surface area contributed by atoms with Crippen LogP contribution in [0.3, 0.4) is 0 Å². The number of ether oxygens (including phenoxy) is 1. The normalized spacial score (nSPS) is 16.4. The lowest BCUT2D eigenvalue weighted by atomic mass is 10.1. The van der Waals surface area contributed by atoms with Gasteiger partial charge in [-0.3, -0.25) is 4.90 Å². The van der Waals surface area contributed by atoms with Crippen LogP contribution in [0.4, 0.5) is 0 Å². The number of benzene rings is 1. The number of aromatic nitrogens is 1. The third-order valence-electron chi connectivity index (χ3n) is 3.84. The minimum absolute atomic E-state index is 0.266. The molecule has 1 N–H and O–H groups in total. The highest BCUT2D eigenvalue weighted by molar-refractivity contribution is 5.94. The molecule has 0 aliphatic carbocycles. The maximum Gasteiger partial charge on any atom is 0.354 e. The molecule has 2 heterocycles. The van der Waals surface area contributed by atoms with Crippen LogP contribution in [-0.2, 0) is 4.74 Å². The molecule has 1 saturated heterocycles. The summed E-state index contributed by atoms with van der Waals surface area (Å²) in [6.45, 7) is 3.56. The number of aromatic amines is 1. The Labute approximate surface area is 118 Å². The number of nitrogens with one attached hydrogen (secondary N) is 1. The number of esters is 1. The van der Waals surface area contributed by atoms with Crippen LogP contribution in [0.1, 0.15) is 29.8 Å². The van der Waals surface area contributed by atoms with Gasteiger partial charge < -0.3 is 9.72 Å². The van der Waals surface area contributed by atoms with Gasteiger partial charge in [0.2, 0.25) is 0 Å². The van der Waals surface area contributed by atoms with E-state index in [9.17, 15) is 4.79 Å². The standard InChI is InChI=1S/C16H20N2O2/c19-16(20-11-10-18-8-4-1-5-9-18)15-12-13-6-2-3-7-14(13)17-15/h2-3,6-7,12,17H,1,4-5,8-11H2. The van der Waals surface area contributed by atoms with Gasteiger partial charge in [0.05, 0.1) is 0 Å². The van der Waals surface area contributed by atoms with Crippen LogP contribution < -0.4 is 0 Å². The Morgan fingerprint density at radius 3 is 2.80 bits per heavy atom. The molecule has 3 rings (SSSR count). The number of hydrogen-bond acceptors (Lipinski definition) is 3. The minimum atomic E-state index is -0.266. The zero-order valence-corrected chi connectivity index (χ0v) is 11.6. The summed E-state index contributed by atoms with van der Waals surface area (Å²) in [6.07, 6.45) is 3.84. The van der Waals surface area contributed by atoms with Crippen molar-refractivity contribution in [3.63, 3.8) is 0 Å². The van der Waals surface area contributed by atoms with Crippen LogP contribution in [0.25, 0.3) is 10.9 Å². The number of carbonyl (C=O) groups excluding carboxylic acids is 1. The second kappa shape index (κ2) is 6.09. The monoisotopic (exact) mass is 272 g/mol. The van der Waals surface area contributed by atoms with Crippen LogP contribution in [0.2, 0.25) is 0 Å². The van der Waals surface area contributed by atoms with Crippen molar-refractivity contribution in [2.75, 3.05) is 26.2 Å². The van der Waals surface area contributed by atoms with E-state index in [2.05, 4.69) is 9.88 Å². The summed E-state index contributed by atoms with van der Waals surface area (Å²) < 4.78 is 5.35. The van der Waals surface area contributed by atoms with Gasteiger partial charge in [0.1, 0.15) is 12.3 Å². The number of rotatable bonds is 4.